The van der Waals surface area contributed by atoms with Gasteiger partial charge in [0.15, 0.2) is 0 Å². The Morgan fingerprint density at radius 3 is 2.44 bits per heavy atom. The van der Waals surface area contributed by atoms with Crippen LogP contribution in [-0.2, 0) is 28.5 Å². The molecule has 0 aromatic heterocycles. The highest BCUT2D eigenvalue weighted by atomic mass is 16.7. The summed E-state index contributed by atoms with van der Waals surface area (Å²) in [5.74, 6) is -0.836. The van der Waals surface area contributed by atoms with Crippen molar-refractivity contribution in [2.45, 2.75) is 45.7 Å². The molecule has 0 amide bonds. The van der Waals surface area contributed by atoms with Gasteiger partial charge in [-0.1, -0.05) is 6.92 Å². The molecule has 6 nitrogen and oxygen atoms in total. The van der Waals surface area contributed by atoms with Gasteiger partial charge < -0.3 is 18.9 Å². The van der Waals surface area contributed by atoms with Crippen LogP contribution in [0, 0.1) is 5.92 Å². The first-order valence-corrected chi connectivity index (χ1v) is 5.92. The molecule has 4 atom stereocenters. The van der Waals surface area contributed by atoms with Crippen molar-refractivity contribution in [3.8, 4) is 0 Å². The molecule has 18 heavy (non-hydrogen) atoms. The Kier molecular flexibility index (Phi) is 5.55. The van der Waals surface area contributed by atoms with Crippen molar-refractivity contribution in [3.05, 3.63) is 0 Å². The molecule has 3 unspecified atom stereocenters. The van der Waals surface area contributed by atoms with Crippen molar-refractivity contribution < 1.29 is 28.5 Å². The summed E-state index contributed by atoms with van der Waals surface area (Å²) >= 11 is 0. The van der Waals surface area contributed by atoms with Crippen LogP contribution in [0.15, 0.2) is 0 Å². The highest BCUT2D eigenvalue weighted by molar-refractivity contribution is 5.66. The molecule has 1 heterocycles. The first kappa shape index (κ1) is 14.9. The Morgan fingerprint density at radius 1 is 1.28 bits per heavy atom. The van der Waals surface area contributed by atoms with Gasteiger partial charge in [-0.3, -0.25) is 9.59 Å². The summed E-state index contributed by atoms with van der Waals surface area (Å²) in [6, 6.07) is 0. The topological polar surface area (TPSA) is 71.1 Å². The minimum atomic E-state index is -0.665. The van der Waals surface area contributed by atoms with E-state index in [1.165, 1.54) is 13.8 Å². The largest absolute Gasteiger partial charge is 0.463 e. The van der Waals surface area contributed by atoms with Crippen molar-refractivity contribution in [1.82, 2.24) is 0 Å². The third-order valence-electron chi connectivity index (χ3n) is 2.89. The molecule has 1 fully saturated rings. The predicted octanol–water partition coefficient (Wildman–Crippen LogP) is 0.879. The Morgan fingerprint density at radius 2 is 1.94 bits per heavy atom. The number of carbonyl (C=O) groups is 2. The average molecular weight is 260 g/mol. The standard InChI is InChI=1S/C12H20O6/c1-7-11(15-4)5-10(6-16-8(2)13)18-12(7)17-9(3)14/h7,10-12H,5-6H2,1-4H3/t7?,10?,11-,12?/m1/s1. The smallest absolute Gasteiger partial charge is 0.304 e. The van der Waals surface area contributed by atoms with Crippen molar-refractivity contribution in [1.29, 1.82) is 0 Å². The molecule has 0 bridgehead atoms. The van der Waals surface area contributed by atoms with E-state index in [2.05, 4.69) is 0 Å². The van der Waals surface area contributed by atoms with Gasteiger partial charge in [0.1, 0.15) is 6.61 Å². The molecular weight excluding hydrogens is 240 g/mol. The lowest BCUT2D eigenvalue weighted by molar-refractivity contribution is -0.246. The van der Waals surface area contributed by atoms with E-state index in [-0.39, 0.29) is 30.7 Å². The molecule has 1 rings (SSSR count). The molecule has 1 saturated heterocycles. The monoisotopic (exact) mass is 260 g/mol. The lowest BCUT2D eigenvalue weighted by Gasteiger charge is -2.38. The fourth-order valence-corrected chi connectivity index (χ4v) is 1.95. The van der Waals surface area contributed by atoms with Crippen molar-refractivity contribution >= 4 is 11.9 Å². The summed E-state index contributed by atoms with van der Waals surface area (Å²) < 4.78 is 20.9. The zero-order chi connectivity index (χ0) is 13.7. The number of esters is 2. The quantitative estimate of drug-likeness (QED) is 0.699. The number of rotatable bonds is 4. The summed E-state index contributed by atoms with van der Waals surface area (Å²) in [6.45, 7) is 4.69. The SMILES string of the molecule is CO[C@@H]1CC(COC(C)=O)OC(OC(C)=O)C1C. The van der Waals surface area contributed by atoms with E-state index in [4.69, 9.17) is 18.9 Å². The van der Waals surface area contributed by atoms with Gasteiger partial charge >= 0.3 is 11.9 Å². The van der Waals surface area contributed by atoms with Crippen LogP contribution in [0.5, 0.6) is 0 Å². The van der Waals surface area contributed by atoms with Gasteiger partial charge in [0, 0.05) is 33.3 Å². The molecule has 0 aliphatic carbocycles. The van der Waals surface area contributed by atoms with Crippen LogP contribution in [-0.4, -0.2) is 44.2 Å². The Bertz CT molecular complexity index is 303. The summed E-state index contributed by atoms with van der Waals surface area (Å²) in [4.78, 5) is 21.8. The van der Waals surface area contributed by atoms with Crippen molar-refractivity contribution in [3.63, 3.8) is 0 Å². The van der Waals surface area contributed by atoms with Crippen LogP contribution in [0.2, 0.25) is 0 Å². The van der Waals surface area contributed by atoms with Gasteiger partial charge in [0.05, 0.1) is 12.2 Å². The normalized spacial score (nSPS) is 31.8. The molecule has 1 aliphatic heterocycles. The van der Waals surface area contributed by atoms with Gasteiger partial charge in [-0.05, 0) is 0 Å². The van der Waals surface area contributed by atoms with Gasteiger partial charge in [-0.25, -0.2) is 0 Å². The molecule has 1 aliphatic rings. The van der Waals surface area contributed by atoms with Crippen LogP contribution < -0.4 is 0 Å². The van der Waals surface area contributed by atoms with E-state index in [0.29, 0.717) is 6.42 Å². The number of hydrogen-bond donors (Lipinski definition) is 0. The van der Waals surface area contributed by atoms with E-state index in [1.807, 2.05) is 6.92 Å². The highest BCUT2D eigenvalue weighted by Crippen LogP contribution is 2.28. The molecule has 0 spiro atoms. The first-order valence-electron chi connectivity index (χ1n) is 5.92. The highest BCUT2D eigenvalue weighted by Gasteiger charge is 2.38. The number of hydrogen-bond acceptors (Lipinski definition) is 6. The minimum Gasteiger partial charge on any atom is -0.463 e. The molecule has 0 aromatic rings. The fraction of sp³-hybridized carbons (Fsp3) is 0.833. The van der Waals surface area contributed by atoms with Gasteiger partial charge in [-0.15, -0.1) is 0 Å². The van der Waals surface area contributed by atoms with Crippen LogP contribution in [0.3, 0.4) is 0 Å². The second kappa shape index (κ2) is 6.70. The summed E-state index contributed by atoms with van der Waals surface area (Å²) in [6.07, 6.45) is -0.479. The Hall–Kier alpha value is -1.14. The number of ether oxygens (including phenoxy) is 4. The van der Waals surface area contributed by atoms with Crippen LogP contribution in [0.25, 0.3) is 0 Å². The lowest BCUT2D eigenvalue weighted by atomic mass is 9.95. The van der Waals surface area contributed by atoms with E-state index >= 15 is 0 Å². The lowest BCUT2D eigenvalue weighted by Crippen LogP contribution is -2.47. The Labute approximate surface area is 107 Å². The molecule has 6 heteroatoms. The van der Waals surface area contributed by atoms with E-state index < -0.39 is 12.3 Å². The van der Waals surface area contributed by atoms with E-state index in [9.17, 15) is 9.59 Å². The molecule has 0 saturated carbocycles. The van der Waals surface area contributed by atoms with Gasteiger partial charge in [-0.2, -0.15) is 0 Å². The molecular formula is C12H20O6. The maximum atomic E-state index is 11.0. The second-order valence-corrected chi connectivity index (χ2v) is 4.41. The molecule has 0 N–H and O–H groups in total. The first-order chi connectivity index (χ1) is 8.43. The maximum absolute atomic E-state index is 11.0. The summed E-state index contributed by atoms with van der Waals surface area (Å²) in [5.41, 5.74) is 0. The maximum Gasteiger partial charge on any atom is 0.304 e. The molecule has 0 radical (unpaired) electrons. The third-order valence-corrected chi connectivity index (χ3v) is 2.89. The zero-order valence-corrected chi connectivity index (χ0v) is 11.2. The summed E-state index contributed by atoms with van der Waals surface area (Å²) in [7, 11) is 1.60. The van der Waals surface area contributed by atoms with Crippen LogP contribution in [0.4, 0.5) is 0 Å². The average Bonchev–Trinajstić information content (AvgIpc) is 2.29. The Balaban J connectivity index is 2.61. The molecule has 0 aromatic carbocycles. The minimum absolute atomic E-state index is 0.0625. The van der Waals surface area contributed by atoms with Gasteiger partial charge in [0.2, 0.25) is 6.29 Å². The molecule has 104 valence electrons. The van der Waals surface area contributed by atoms with Crippen LogP contribution in [0.1, 0.15) is 27.2 Å². The van der Waals surface area contributed by atoms with E-state index in [0.717, 1.165) is 0 Å². The summed E-state index contributed by atoms with van der Waals surface area (Å²) in [5, 5.41) is 0. The second-order valence-electron chi connectivity index (χ2n) is 4.41. The zero-order valence-electron chi connectivity index (χ0n) is 11.2. The van der Waals surface area contributed by atoms with Crippen LogP contribution >= 0.6 is 0 Å². The number of carbonyl (C=O) groups excluding carboxylic acids is 2. The third kappa shape index (κ3) is 4.27. The predicted molar refractivity (Wildman–Crippen MR) is 61.6 cm³/mol. The van der Waals surface area contributed by atoms with Crippen molar-refractivity contribution in [2.75, 3.05) is 13.7 Å². The number of methoxy groups -OCH3 is 1. The van der Waals surface area contributed by atoms with Gasteiger partial charge in [0.25, 0.3) is 0 Å². The fourth-order valence-electron chi connectivity index (χ4n) is 1.95. The van der Waals surface area contributed by atoms with Crippen molar-refractivity contribution in [2.24, 2.45) is 5.92 Å². The van der Waals surface area contributed by atoms with E-state index in [1.54, 1.807) is 7.11 Å².